The number of alkyl halides is 3. The van der Waals surface area contributed by atoms with E-state index in [0.717, 1.165) is 9.25 Å². The van der Waals surface area contributed by atoms with Gasteiger partial charge in [-0.25, -0.2) is 14.0 Å². The summed E-state index contributed by atoms with van der Waals surface area (Å²) in [5.74, 6) is 0. The molecule has 0 aromatic carbocycles. The van der Waals surface area contributed by atoms with E-state index in [0.29, 0.717) is 0 Å². The first-order chi connectivity index (χ1) is 7.85. The fourth-order valence-corrected chi connectivity index (χ4v) is 0.946. The first kappa shape index (κ1) is 15.5. The van der Waals surface area contributed by atoms with Crippen molar-refractivity contribution >= 4 is 0 Å². The van der Waals surface area contributed by atoms with Crippen LogP contribution in [-0.4, -0.2) is 27.1 Å². The van der Waals surface area contributed by atoms with Gasteiger partial charge in [0.2, 0.25) is 0 Å². The summed E-state index contributed by atoms with van der Waals surface area (Å²) in [5.41, 5.74) is -0.505. The Morgan fingerprint density at radius 2 is 1.88 bits per heavy atom. The van der Waals surface area contributed by atoms with Gasteiger partial charge in [-0.15, -0.1) is 5.10 Å². The van der Waals surface area contributed by atoms with Crippen molar-refractivity contribution < 1.29 is 17.9 Å². The number of halogens is 3. The van der Waals surface area contributed by atoms with Gasteiger partial charge in [-0.3, -0.25) is 0 Å². The van der Waals surface area contributed by atoms with Crippen LogP contribution in [0.2, 0.25) is 0 Å². The molecule has 0 spiro atoms. The van der Waals surface area contributed by atoms with Crippen molar-refractivity contribution in [3.05, 3.63) is 10.5 Å². The first-order valence-electron chi connectivity index (χ1n) is 5.18. The Kier molecular flexibility index (Phi) is 5.77. The summed E-state index contributed by atoms with van der Waals surface area (Å²) in [5, 5.41) is 3.58. The van der Waals surface area contributed by atoms with Gasteiger partial charge in [0, 0.05) is 13.6 Å². The van der Waals surface area contributed by atoms with Crippen molar-refractivity contribution in [3.63, 3.8) is 0 Å². The van der Waals surface area contributed by atoms with Gasteiger partial charge in [0.25, 0.3) is 0 Å². The van der Waals surface area contributed by atoms with Gasteiger partial charge in [-0.2, -0.15) is 13.2 Å². The van der Waals surface area contributed by atoms with E-state index in [-0.39, 0.29) is 12.6 Å². The van der Waals surface area contributed by atoms with Crippen molar-refractivity contribution in [1.82, 2.24) is 14.3 Å². The minimum absolute atomic E-state index is 0.280. The SMILES string of the molecule is CC.CCn1nc(OCC(F)(F)F)n(C)c1=O. The molecule has 0 saturated carbocycles. The molecule has 0 bridgehead atoms. The van der Waals surface area contributed by atoms with Crippen LogP contribution in [0.25, 0.3) is 0 Å². The van der Waals surface area contributed by atoms with Gasteiger partial charge >= 0.3 is 17.9 Å². The first-order valence-corrected chi connectivity index (χ1v) is 5.18. The number of hydrogen-bond donors (Lipinski definition) is 0. The number of aromatic nitrogens is 3. The predicted molar refractivity (Wildman–Crippen MR) is 56.0 cm³/mol. The highest BCUT2D eigenvalue weighted by atomic mass is 19.4. The lowest BCUT2D eigenvalue weighted by atomic mass is 10.7. The van der Waals surface area contributed by atoms with Crippen LogP contribution in [0.5, 0.6) is 6.01 Å². The zero-order valence-corrected chi connectivity index (χ0v) is 10.2. The molecule has 0 radical (unpaired) electrons. The summed E-state index contributed by atoms with van der Waals surface area (Å²) in [7, 11) is 1.30. The fourth-order valence-electron chi connectivity index (χ4n) is 0.946. The standard InChI is InChI=1S/C7H10F3N3O2.C2H6/c1-3-13-6(14)12(2)5(11-13)15-4-7(8,9)10;1-2/h3-4H2,1-2H3;1-2H3. The monoisotopic (exact) mass is 255 g/mol. The molecule has 17 heavy (non-hydrogen) atoms. The highest BCUT2D eigenvalue weighted by Gasteiger charge is 2.29. The second-order valence-electron chi connectivity index (χ2n) is 2.84. The number of hydrogen-bond acceptors (Lipinski definition) is 3. The maximum Gasteiger partial charge on any atom is 0.422 e. The van der Waals surface area contributed by atoms with E-state index in [1.54, 1.807) is 6.92 Å². The van der Waals surface area contributed by atoms with E-state index in [9.17, 15) is 18.0 Å². The Morgan fingerprint density at radius 3 is 2.24 bits per heavy atom. The number of nitrogens with zero attached hydrogens (tertiary/aromatic N) is 3. The van der Waals surface area contributed by atoms with E-state index < -0.39 is 18.5 Å². The van der Waals surface area contributed by atoms with E-state index in [1.807, 2.05) is 13.8 Å². The predicted octanol–water partition coefficient (Wildman–Crippen LogP) is 1.57. The molecule has 0 aliphatic heterocycles. The molecule has 0 atom stereocenters. The lowest BCUT2D eigenvalue weighted by Crippen LogP contribution is -2.23. The van der Waals surface area contributed by atoms with Gasteiger partial charge in [0.15, 0.2) is 6.61 Å². The zero-order valence-electron chi connectivity index (χ0n) is 10.2. The molecule has 8 heteroatoms. The van der Waals surface area contributed by atoms with Crippen LogP contribution in [0, 0.1) is 0 Å². The third-order valence-corrected chi connectivity index (χ3v) is 1.67. The summed E-state index contributed by atoms with van der Waals surface area (Å²) < 4.78 is 41.8. The maximum atomic E-state index is 11.8. The van der Waals surface area contributed by atoms with Gasteiger partial charge in [-0.1, -0.05) is 13.8 Å². The highest BCUT2D eigenvalue weighted by molar-refractivity contribution is 4.92. The highest BCUT2D eigenvalue weighted by Crippen LogP contribution is 2.15. The molecule has 0 aliphatic carbocycles. The fraction of sp³-hybridized carbons (Fsp3) is 0.778. The molecular formula is C9H16F3N3O2. The Labute approximate surface area is 96.8 Å². The summed E-state index contributed by atoms with van der Waals surface area (Å²) in [6.07, 6.45) is -4.44. The Morgan fingerprint density at radius 1 is 1.35 bits per heavy atom. The topological polar surface area (TPSA) is 49.0 Å². The quantitative estimate of drug-likeness (QED) is 0.823. The van der Waals surface area contributed by atoms with E-state index in [1.165, 1.54) is 7.05 Å². The lowest BCUT2D eigenvalue weighted by molar-refractivity contribution is -0.155. The number of aryl methyl sites for hydroxylation is 1. The van der Waals surface area contributed by atoms with Crippen LogP contribution in [0.1, 0.15) is 20.8 Å². The summed E-state index contributed by atoms with van der Waals surface area (Å²) in [6, 6.07) is -0.334. The smallest absolute Gasteiger partial charge is 0.422 e. The molecule has 5 nitrogen and oxygen atoms in total. The largest absolute Gasteiger partial charge is 0.454 e. The van der Waals surface area contributed by atoms with Gasteiger partial charge in [0.1, 0.15) is 0 Å². The van der Waals surface area contributed by atoms with Crippen molar-refractivity contribution in [2.75, 3.05) is 6.61 Å². The molecule has 1 aromatic heterocycles. The van der Waals surface area contributed by atoms with Crippen molar-refractivity contribution in [2.45, 2.75) is 33.5 Å². The second-order valence-corrected chi connectivity index (χ2v) is 2.84. The Bertz CT molecular complexity index is 395. The van der Waals surface area contributed by atoms with Crippen LogP contribution in [0.3, 0.4) is 0 Å². The van der Waals surface area contributed by atoms with Gasteiger partial charge in [-0.05, 0) is 6.92 Å². The minimum Gasteiger partial charge on any atom is -0.454 e. The van der Waals surface area contributed by atoms with Crippen molar-refractivity contribution in [1.29, 1.82) is 0 Å². The Balaban J connectivity index is 0.00000121. The average molecular weight is 255 g/mol. The maximum absolute atomic E-state index is 11.8. The summed E-state index contributed by atoms with van der Waals surface area (Å²) in [6.45, 7) is 4.48. The molecule has 1 aromatic rings. The molecule has 0 aliphatic rings. The normalized spacial score (nSPS) is 10.8. The molecule has 0 amide bonds. The molecule has 1 heterocycles. The van der Waals surface area contributed by atoms with Crippen LogP contribution in [0.15, 0.2) is 4.79 Å². The molecule has 0 saturated heterocycles. The molecule has 0 unspecified atom stereocenters. The van der Waals surface area contributed by atoms with Crippen molar-refractivity contribution in [3.8, 4) is 6.01 Å². The van der Waals surface area contributed by atoms with Gasteiger partial charge < -0.3 is 4.74 Å². The molecule has 1 rings (SSSR count). The summed E-state index contributed by atoms with van der Waals surface area (Å²) in [4.78, 5) is 11.2. The molecule has 0 fully saturated rings. The molecular weight excluding hydrogens is 239 g/mol. The molecule has 0 N–H and O–H groups in total. The van der Waals surface area contributed by atoms with Crippen LogP contribution in [0.4, 0.5) is 13.2 Å². The van der Waals surface area contributed by atoms with E-state index >= 15 is 0 Å². The van der Waals surface area contributed by atoms with Crippen molar-refractivity contribution in [2.24, 2.45) is 7.05 Å². The van der Waals surface area contributed by atoms with Gasteiger partial charge in [0.05, 0.1) is 0 Å². The zero-order chi connectivity index (χ0) is 13.6. The second kappa shape index (κ2) is 6.31. The lowest BCUT2D eigenvalue weighted by Gasteiger charge is -2.06. The number of ether oxygens (including phenoxy) is 1. The third kappa shape index (κ3) is 4.49. The Hall–Kier alpha value is -1.47. The van der Waals surface area contributed by atoms with Crippen LogP contribution >= 0.6 is 0 Å². The van der Waals surface area contributed by atoms with E-state index in [4.69, 9.17) is 0 Å². The number of rotatable bonds is 3. The van der Waals surface area contributed by atoms with E-state index in [2.05, 4.69) is 9.84 Å². The minimum atomic E-state index is -4.44. The average Bonchev–Trinajstić information content (AvgIpc) is 2.55. The van der Waals surface area contributed by atoms with Crippen LogP contribution in [-0.2, 0) is 13.6 Å². The summed E-state index contributed by atoms with van der Waals surface area (Å²) >= 11 is 0. The molecule has 100 valence electrons. The van der Waals surface area contributed by atoms with Crippen LogP contribution < -0.4 is 10.4 Å². The third-order valence-electron chi connectivity index (χ3n) is 1.67.